The number of hydrogen-bond acceptors (Lipinski definition) is 2. The van der Waals surface area contributed by atoms with Crippen molar-refractivity contribution in [3.05, 3.63) is 28.0 Å². The first kappa shape index (κ1) is 13.6. The number of aromatic nitrogens is 1. The van der Waals surface area contributed by atoms with Gasteiger partial charge in [0, 0.05) is 6.20 Å². The minimum atomic E-state index is -4.86. The van der Waals surface area contributed by atoms with Crippen molar-refractivity contribution < 1.29 is 22.0 Å². The molecule has 1 aromatic heterocycles. The zero-order valence-corrected chi connectivity index (χ0v) is 8.78. The van der Waals surface area contributed by atoms with Crippen LogP contribution in [0.1, 0.15) is 23.2 Å². The molecule has 8 heteroatoms. The van der Waals surface area contributed by atoms with Gasteiger partial charge in [-0.1, -0.05) is 11.6 Å². The number of alkyl halides is 5. The number of nitrogens with zero attached hydrogens (tertiary/aromatic N) is 2. The molecule has 0 amide bonds. The maximum absolute atomic E-state index is 12.6. The lowest BCUT2D eigenvalue weighted by atomic mass is 10.1. The molecule has 0 saturated carbocycles. The van der Waals surface area contributed by atoms with Gasteiger partial charge < -0.3 is 0 Å². The Balaban J connectivity index is 3.45. The third-order valence-corrected chi connectivity index (χ3v) is 2.31. The van der Waals surface area contributed by atoms with Gasteiger partial charge in [0.15, 0.2) is 0 Å². The van der Waals surface area contributed by atoms with Crippen LogP contribution in [0.3, 0.4) is 0 Å². The highest BCUT2D eigenvalue weighted by atomic mass is 35.5. The Morgan fingerprint density at radius 1 is 1.41 bits per heavy atom. The van der Waals surface area contributed by atoms with E-state index in [2.05, 4.69) is 4.98 Å². The summed E-state index contributed by atoms with van der Waals surface area (Å²) in [6, 6.07) is 1.53. The van der Waals surface area contributed by atoms with Crippen LogP contribution in [0.2, 0.25) is 5.02 Å². The van der Waals surface area contributed by atoms with Crippen molar-refractivity contribution >= 4 is 11.6 Å². The van der Waals surface area contributed by atoms with Gasteiger partial charge in [-0.3, -0.25) is 4.98 Å². The topological polar surface area (TPSA) is 36.7 Å². The van der Waals surface area contributed by atoms with Gasteiger partial charge in [-0.15, -0.1) is 0 Å². The first-order valence-electron chi connectivity index (χ1n) is 4.18. The lowest BCUT2D eigenvalue weighted by Crippen LogP contribution is -2.11. The van der Waals surface area contributed by atoms with Crippen molar-refractivity contribution in [2.24, 2.45) is 0 Å². The van der Waals surface area contributed by atoms with Crippen LogP contribution in [0.15, 0.2) is 6.20 Å². The molecular formula is C9H4ClF5N2. The maximum atomic E-state index is 12.6. The summed E-state index contributed by atoms with van der Waals surface area (Å²) in [5.74, 6) is 0. The third kappa shape index (κ3) is 2.82. The summed E-state index contributed by atoms with van der Waals surface area (Å²) in [6.07, 6.45) is -8.27. The zero-order chi connectivity index (χ0) is 13.2. The first-order chi connectivity index (χ1) is 7.79. The van der Waals surface area contributed by atoms with Crippen molar-refractivity contribution in [3.63, 3.8) is 0 Å². The molecule has 0 bridgehead atoms. The molecule has 1 rings (SSSR count). The molecule has 1 aromatic rings. The molecule has 0 aliphatic rings. The van der Waals surface area contributed by atoms with Gasteiger partial charge in [0.1, 0.15) is 0 Å². The molecule has 17 heavy (non-hydrogen) atoms. The third-order valence-electron chi connectivity index (χ3n) is 1.90. The Morgan fingerprint density at radius 3 is 2.41 bits per heavy atom. The number of halogens is 6. The van der Waals surface area contributed by atoms with Crippen molar-refractivity contribution in [3.8, 4) is 6.07 Å². The zero-order valence-electron chi connectivity index (χ0n) is 8.02. The van der Waals surface area contributed by atoms with Crippen molar-refractivity contribution in [2.45, 2.75) is 19.0 Å². The van der Waals surface area contributed by atoms with Crippen LogP contribution in [0.25, 0.3) is 0 Å². The van der Waals surface area contributed by atoms with E-state index in [4.69, 9.17) is 16.9 Å². The van der Waals surface area contributed by atoms with E-state index in [1.807, 2.05) is 0 Å². The smallest absolute Gasteiger partial charge is 0.259 e. The fourth-order valence-corrected chi connectivity index (χ4v) is 1.52. The highest BCUT2D eigenvalue weighted by Crippen LogP contribution is 2.39. The molecule has 1 heterocycles. The molecule has 0 N–H and O–H groups in total. The van der Waals surface area contributed by atoms with Gasteiger partial charge in [0.2, 0.25) is 0 Å². The van der Waals surface area contributed by atoms with Crippen LogP contribution in [0, 0.1) is 11.3 Å². The summed E-state index contributed by atoms with van der Waals surface area (Å²) >= 11 is 5.28. The highest BCUT2D eigenvalue weighted by Gasteiger charge is 2.36. The first-order valence-corrected chi connectivity index (χ1v) is 4.56. The highest BCUT2D eigenvalue weighted by molar-refractivity contribution is 6.32. The van der Waals surface area contributed by atoms with Gasteiger partial charge in [0.05, 0.1) is 34.3 Å². The average molecular weight is 271 g/mol. The predicted octanol–water partition coefficient (Wildman–Crippen LogP) is 3.76. The van der Waals surface area contributed by atoms with Crippen LogP contribution in [0.5, 0.6) is 0 Å². The van der Waals surface area contributed by atoms with Crippen molar-refractivity contribution in [2.75, 3.05) is 0 Å². The Labute approximate surface area is 97.6 Å². The Kier molecular flexibility index (Phi) is 3.88. The van der Waals surface area contributed by atoms with Gasteiger partial charge in [0.25, 0.3) is 6.43 Å². The lowest BCUT2D eigenvalue weighted by Gasteiger charge is -2.13. The largest absolute Gasteiger partial charge is 0.419 e. The predicted molar refractivity (Wildman–Crippen MR) is 48.5 cm³/mol. The Hall–Kier alpha value is -1.42. The van der Waals surface area contributed by atoms with E-state index in [0.717, 1.165) is 0 Å². The molecule has 0 atom stereocenters. The second kappa shape index (κ2) is 4.84. The summed E-state index contributed by atoms with van der Waals surface area (Å²) in [4.78, 5) is 3.21. The fourth-order valence-electron chi connectivity index (χ4n) is 1.18. The quantitative estimate of drug-likeness (QED) is 0.767. The second-order valence-electron chi connectivity index (χ2n) is 2.98. The van der Waals surface area contributed by atoms with Crippen LogP contribution in [0.4, 0.5) is 22.0 Å². The molecule has 0 aliphatic carbocycles. The van der Waals surface area contributed by atoms with Gasteiger partial charge in [-0.25, -0.2) is 8.78 Å². The van der Waals surface area contributed by atoms with Crippen LogP contribution in [-0.4, -0.2) is 4.98 Å². The minimum Gasteiger partial charge on any atom is -0.259 e. The molecule has 0 spiro atoms. The molecule has 0 aromatic carbocycles. The SMILES string of the molecule is N#CCc1ncc(C(F)(F)F)c(Cl)c1C(F)F. The van der Waals surface area contributed by atoms with Crippen molar-refractivity contribution in [1.29, 1.82) is 5.26 Å². The molecule has 0 radical (unpaired) electrons. The Bertz CT molecular complexity index is 464. The summed E-state index contributed by atoms with van der Waals surface area (Å²) in [5.41, 5.74) is -2.92. The van der Waals surface area contributed by atoms with E-state index in [1.54, 1.807) is 0 Å². The fraction of sp³-hybridized carbons (Fsp3) is 0.333. The monoisotopic (exact) mass is 270 g/mol. The van der Waals surface area contributed by atoms with E-state index in [-0.39, 0.29) is 0 Å². The summed E-state index contributed by atoms with van der Waals surface area (Å²) < 4.78 is 62.3. The molecule has 0 aliphatic heterocycles. The number of rotatable bonds is 2. The lowest BCUT2D eigenvalue weighted by molar-refractivity contribution is -0.137. The van der Waals surface area contributed by atoms with Crippen LogP contribution < -0.4 is 0 Å². The van der Waals surface area contributed by atoms with E-state index >= 15 is 0 Å². The molecule has 0 saturated heterocycles. The van der Waals surface area contributed by atoms with Gasteiger partial charge in [-0.2, -0.15) is 18.4 Å². The van der Waals surface area contributed by atoms with E-state index < -0.39 is 40.9 Å². The molecule has 2 nitrogen and oxygen atoms in total. The molecule has 0 unspecified atom stereocenters. The van der Waals surface area contributed by atoms with E-state index in [9.17, 15) is 22.0 Å². The second-order valence-corrected chi connectivity index (χ2v) is 3.36. The molecule has 92 valence electrons. The average Bonchev–Trinajstić information content (AvgIpc) is 2.15. The van der Waals surface area contributed by atoms with Gasteiger partial charge >= 0.3 is 6.18 Å². The van der Waals surface area contributed by atoms with E-state index in [1.165, 1.54) is 6.07 Å². The van der Waals surface area contributed by atoms with Crippen molar-refractivity contribution in [1.82, 2.24) is 4.98 Å². The summed E-state index contributed by atoms with van der Waals surface area (Å²) in [5, 5.41) is 7.24. The summed E-state index contributed by atoms with van der Waals surface area (Å²) in [7, 11) is 0. The maximum Gasteiger partial charge on any atom is 0.419 e. The normalized spacial score (nSPS) is 11.6. The van der Waals surface area contributed by atoms with Crippen LogP contribution >= 0.6 is 11.6 Å². The standard InChI is InChI=1S/C9H4ClF5N2/c10-7-4(9(13,14)15)3-17-5(1-2-16)6(7)8(11)12/h3,8H,1H2. The Morgan fingerprint density at radius 2 is 2.00 bits per heavy atom. The van der Waals surface area contributed by atoms with E-state index in [0.29, 0.717) is 6.20 Å². The van der Waals surface area contributed by atoms with Crippen LogP contribution in [-0.2, 0) is 12.6 Å². The minimum absolute atomic E-state index is 0.348. The number of pyridine rings is 1. The molecule has 0 fully saturated rings. The number of hydrogen-bond donors (Lipinski definition) is 0. The number of nitriles is 1. The molecular weight excluding hydrogens is 267 g/mol. The summed E-state index contributed by atoms with van der Waals surface area (Å²) in [6.45, 7) is 0. The van der Waals surface area contributed by atoms with Gasteiger partial charge in [-0.05, 0) is 0 Å².